The zero-order valence-electron chi connectivity index (χ0n) is 10.7. The first-order chi connectivity index (χ1) is 8.97. The predicted octanol–water partition coefficient (Wildman–Crippen LogP) is 3.14. The number of aryl methyl sites for hydroxylation is 2. The van der Waals surface area contributed by atoms with E-state index in [4.69, 9.17) is 5.11 Å². The van der Waals surface area contributed by atoms with Gasteiger partial charge in [-0.2, -0.15) is 0 Å². The van der Waals surface area contributed by atoms with Crippen LogP contribution in [0.4, 0.5) is 4.39 Å². The van der Waals surface area contributed by atoms with Gasteiger partial charge >= 0.3 is 0 Å². The Morgan fingerprint density at radius 1 is 1.37 bits per heavy atom. The molecule has 0 spiro atoms. The number of rotatable bonds is 3. The Bertz CT molecular complexity index is 602. The molecule has 1 heterocycles. The van der Waals surface area contributed by atoms with E-state index < -0.39 is 11.7 Å². The van der Waals surface area contributed by atoms with Gasteiger partial charge in [-0.15, -0.1) is 11.3 Å². The van der Waals surface area contributed by atoms with Gasteiger partial charge in [0.1, 0.15) is 11.6 Å². The SMILES string of the molecule is Cc1cc(CNC(=O)c2ccc(O)cc2F)sc1C. The van der Waals surface area contributed by atoms with Crippen molar-refractivity contribution in [2.24, 2.45) is 0 Å². The lowest BCUT2D eigenvalue weighted by Crippen LogP contribution is -2.23. The lowest BCUT2D eigenvalue weighted by atomic mass is 10.2. The fourth-order valence-electron chi connectivity index (χ4n) is 1.69. The molecule has 0 saturated heterocycles. The van der Waals surface area contributed by atoms with E-state index in [9.17, 15) is 9.18 Å². The van der Waals surface area contributed by atoms with Gasteiger partial charge in [-0.1, -0.05) is 0 Å². The molecule has 0 aliphatic rings. The van der Waals surface area contributed by atoms with Crippen LogP contribution in [0.1, 0.15) is 25.7 Å². The van der Waals surface area contributed by atoms with Crippen LogP contribution >= 0.6 is 11.3 Å². The molecule has 100 valence electrons. The third-order valence-electron chi connectivity index (χ3n) is 2.84. The van der Waals surface area contributed by atoms with Crippen molar-refractivity contribution in [3.05, 3.63) is 51.0 Å². The van der Waals surface area contributed by atoms with Gasteiger partial charge in [-0.05, 0) is 37.6 Å². The molecular formula is C14H14FNO2S. The maximum Gasteiger partial charge on any atom is 0.254 e. The fraction of sp³-hybridized carbons (Fsp3) is 0.214. The first kappa shape index (κ1) is 13.5. The van der Waals surface area contributed by atoms with E-state index >= 15 is 0 Å². The molecule has 2 rings (SSSR count). The predicted molar refractivity (Wildman–Crippen MR) is 73.0 cm³/mol. The van der Waals surface area contributed by atoms with Crippen LogP contribution in [0.2, 0.25) is 0 Å². The van der Waals surface area contributed by atoms with Crippen LogP contribution in [0.5, 0.6) is 5.75 Å². The number of amides is 1. The van der Waals surface area contributed by atoms with Crippen molar-refractivity contribution in [2.75, 3.05) is 0 Å². The molecule has 0 saturated carbocycles. The van der Waals surface area contributed by atoms with E-state index in [2.05, 4.69) is 5.32 Å². The van der Waals surface area contributed by atoms with Crippen LogP contribution in [0, 0.1) is 19.7 Å². The summed E-state index contributed by atoms with van der Waals surface area (Å²) < 4.78 is 13.5. The molecule has 2 N–H and O–H groups in total. The van der Waals surface area contributed by atoms with Crippen molar-refractivity contribution in [3.8, 4) is 5.75 Å². The standard InChI is InChI=1S/C14H14FNO2S/c1-8-5-11(19-9(8)2)7-16-14(18)12-4-3-10(17)6-13(12)15/h3-6,17H,7H2,1-2H3,(H,16,18). The lowest BCUT2D eigenvalue weighted by Gasteiger charge is -2.05. The molecule has 5 heteroatoms. The summed E-state index contributed by atoms with van der Waals surface area (Å²) in [5.74, 6) is -1.41. The highest BCUT2D eigenvalue weighted by atomic mass is 32.1. The number of carbonyl (C=O) groups is 1. The third-order valence-corrected chi connectivity index (χ3v) is 3.99. The molecule has 0 unspecified atom stereocenters. The number of phenols is 1. The monoisotopic (exact) mass is 279 g/mol. The van der Waals surface area contributed by atoms with E-state index in [-0.39, 0.29) is 11.3 Å². The molecule has 0 aliphatic heterocycles. The van der Waals surface area contributed by atoms with Crippen molar-refractivity contribution in [1.82, 2.24) is 5.32 Å². The summed E-state index contributed by atoms with van der Waals surface area (Å²) in [4.78, 5) is 14.1. The highest BCUT2D eigenvalue weighted by Gasteiger charge is 2.12. The quantitative estimate of drug-likeness (QED) is 0.906. The summed E-state index contributed by atoms with van der Waals surface area (Å²) in [6.45, 7) is 4.40. The molecule has 2 aromatic rings. The van der Waals surface area contributed by atoms with E-state index in [1.54, 1.807) is 11.3 Å². The Kier molecular flexibility index (Phi) is 3.85. The van der Waals surface area contributed by atoms with Crippen molar-refractivity contribution in [3.63, 3.8) is 0 Å². The summed E-state index contributed by atoms with van der Waals surface area (Å²) in [7, 11) is 0. The average molecular weight is 279 g/mol. The van der Waals surface area contributed by atoms with Crippen LogP contribution in [0.3, 0.4) is 0 Å². The van der Waals surface area contributed by atoms with Crippen molar-refractivity contribution < 1.29 is 14.3 Å². The molecule has 0 bridgehead atoms. The smallest absolute Gasteiger partial charge is 0.254 e. The van der Waals surface area contributed by atoms with Gasteiger partial charge in [0.2, 0.25) is 0 Å². The molecule has 3 nitrogen and oxygen atoms in total. The second-order valence-electron chi connectivity index (χ2n) is 4.30. The molecule has 1 aromatic carbocycles. The summed E-state index contributed by atoms with van der Waals surface area (Å²) in [5, 5.41) is 11.8. The fourth-order valence-corrected chi connectivity index (χ4v) is 2.68. The van der Waals surface area contributed by atoms with Crippen LogP contribution in [-0.2, 0) is 6.54 Å². The Morgan fingerprint density at radius 2 is 2.11 bits per heavy atom. The number of nitrogens with one attached hydrogen (secondary N) is 1. The Balaban J connectivity index is 2.05. The Hall–Kier alpha value is -1.88. The number of benzene rings is 1. The number of hydrogen-bond acceptors (Lipinski definition) is 3. The van der Waals surface area contributed by atoms with E-state index in [0.29, 0.717) is 6.54 Å². The Labute approximate surface area is 114 Å². The van der Waals surface area contributed by atoms with Gasteiger partial charge < -0.3 is 10.4 Å². The molecule has 19 heavy (non-hydrogen) atoms. The van der Waals surface area contributed by atoms with Crippen molar-refractivity contribution in [2.45, 2.75) is 20.4 Å². The van der Waals surface area contributed by atoms with Crippen molar-refractivity contribution in [1.29, 1.82) is 0 Å². The first-order valence-corrected chi connectivity index (χ1v) is 6.61. The zero-order valence-corrected chi connectivity index (χ0v) is 11.5. The van der Waals surface area contributed by atoms with Gasteiger partial charge in [0.25, 0.3) is 5.91 Å². The number of aromatic hydroxyl groups is 1. The van der Waals surface area contributed by atoms with Gasteiger partial charge in [-0.25, -0.2) is 4.39 Å². The van der Waals surface area contributed by atoms with Gasteiger partial charge in [0.15, 0.2) is 0 Å². The molecule has 0 fully saturated rings. The largest absolute Gasteiger partial charge is 0.508 e. The summed E-state index contributed by atoms with van der Waals surface area (Å²) in [5.41, 5.74) is 1.12. The van der Waals surface area contributed by atoms with E-state index in [0.717, 1.165) is 10.9 Å². The second kappa shape index (κ2) is 5.40. The molecule has 1 amide bonds. The minimum atomic E-state index is -0.726. The first-order valence-electron chi connectivity index (χ1n) is 5.80. The van der Waals surface area contributed by atoms with E-state index in [1.807, 2.05) is 19.9 Å². The molecular weight excluding hydrogens is 265 g/mol. The highest BCUT2D eigenvalue weighted by molar-refractivity contribution is 7.12. The van der Waals surface area contributed by atoms with Crippen LogP contribution < -0.4 is 5.32 Å². The summed E-state index contributed by atoms with van der Waals surface area (Å²) in [6.07, 6.45) is 0. The second-order valence-corrected chi connectivity index (χ2v) is 5.64. The molecule has 1 aromatic heterocycles. The third kappa shape index (κ3) is 3.12. The molecule has 0 atom stereocenters. The Morgan fingerprint density at radius 3 is 2.68 bits per heavy atom. The molecule has 0 radical (unpaired) electrons. The van der Waals surface area contributed by atoms with Crippen molar-refractivity contribution >= 4 is 17.2 Å². The van der Waals surface area contributed by atoms with Gasteiger partial charge in [-0.3, -0.25) is 4.79 Å². The minimum absolute atomic E-state index is 0.0669. The number of thiophene rings is 1. The van der Waals surface area contributed by atoms with Gasteiger partial charge in [0.05, 0.1) is 12.1 Å². The summed E-state index contributed by atoms with van der Waals surface area (Å²) >= 11 is 1.61. The highest BCUT2D eigenvalue weighted by Crippen LogP contribution is 2.20. The zero-order chi connectivity index (χ0) is 14.0. The average Bonchev–Trinajstić information content (AvgIpc) is 2.66. The van der Waals surface area contributed by atoms with Crippen LogP contribution in [0.15, 0.2) is 24.3 Å². The molecule has 0 aliphatic carbocycles. The number of carbonyl (C=O) groups excluding carboxylic acids is 1. The van der Waals surface area contributed by atoms with E-state index in [1.165, 1.54) is 22.6 Å². The van der Waals surface area contributed by atoms with Gasteiger partial charge in [0, 0.05) is 15.8 Å². The maximum absolute atomic E-state index is 13.5. The number of phenolic OH excluding ortho intramolecular Hbond substituents is 1. The number of halogens is 1. The topological polar surface area (TPSA) is 49.3 Å². The normalized spacial score (nSPS) is 10.5. The minimum Gasteiger partial charge on any atom is -0.508 e. The number of hydrogen-bond donors (Lipinski definition) is 2. The van der Waals surface area contributed by atoms with Crippen LogP contribution in [-0.4, -0.2) is 11.0 Å². The maximum atomic E-state index is 13.5. The lowest BCUT2D eigenvalue weighted by molar-refractivity contribution is 0.0947. The summed E-state index contributed by atoms with van der Waals surface area (Å²) in [6, 6.07) is 5.49. The van der Waals surface area contributed by atoms with Crippen LogP contribution in [0.25, 0.3) is 0 Å².